The van der Waals surface area contributed by atoms with Crippen molar-refractivity contribution in [2.24, 2.45) is 0 Å². The first-order valence-electron chi connectivity index (χ1n) is 10.2. The zero-order valence-electron chi connectivity index (χ0n) is 16.6. The van der Waals surface area contributed by atoms with E-state index in [4.69, 9.17) is 0 Å². The molecule has 0 aromatic heterocycles. The molecule has 0 spiro atoms. The molecular formula is C21H44NO+. The SMILES string of the molecule is C=C(C)C(O)CCCCC[N+](CCCC)(CCCC)CCCC. The van der Waals surface area contributed by atoms with Crippen molar-refractivity contribution in [3.8, 4) is 0 Å². The summed E-state index contributed by atoms with van der Waals surface area (Å²) in [5.74, 6) is 0. The van der Waals surface area contributed by atoms with E-state index in [-0.39, 0.29) is 6.10 Å². The molecule has 2 nitrogen and oxygen atoms in total. The van der Waals surface area contributed by atoms with E-state index in [0.717, 1.165) is 18.4 Å². The number of aliphatic hydroxyl groups excluding tert-OH is 1. The minimum Gasteiger partial charge on any atom is -0.389 e. The lowest BCUT2D eigenvalue weighted by Crippen LogP contribution is -2.50. The van der Waals surface area contributed by atoms with Gasteiger partial charge in [0.05, 0.1) is 32.3 Å². The van der Waals surface area contributed by atoms with Gasteiger partial charge in [-0.3, -0.25) is 0 Å². The lowest BCUT2D eigenvalue weighted by molar-refractivity contribution is -0.929. The van der Waals surface area contributed by atoms with Crippen molar-refractivity contribution in [3.63, 3.8) is 0 Å². The molecule has 0 rings (SSSR count). The quantitative estimate of drug-likeness (QED) is 0.219. The molecule has 0 fully saturated rings. The zero-order valence-corrected chi connectivity index (χ0v) is 16.6. The fourth-order valence-corrected chi connectivity index (χ4v) is 3.36. The van der Waals surface area contributed by atoms with Gasteiger partial charge >= 0.3 is 0 Å². The molecule has 0 saturated heterocycles. The zero-order chi connectivity index (χ0) is 17.6. The molecule has 1 N–H and O–H groups in total. The second kappa shape index (κ2) is 14.0. The Hall–Kier alpha value is -0.340. The molecule has 0 saturated carbocycles. The van der Waals surface area contributed by atoms with E-state index in [1.807, 2.05) is 6.92 Å². The fourth-order valence-electron chi connectivity index (χ4n) is 3.36. The van der Waals surface area contributed by atoms with Gasteiger partial charge in [0.2, 0.25) is 0 Å². The van der Waals surface area contributed by atoms with Gasteiger partial charge in [0, 0.05) is 0 Å². The first-order chi connectivity index (χ1) is 11.0. The lowest BCUT2D eigenvalue weighted by atomic mass is 10.0. The van der Waals surface area contributed by atoms with Gasteiger partial charge < -0.3 is 9.59 Å². The van der Waals surface area contributed by atoms with Gasteiger partial charge in [0.1, 0.15) is 0 Å². The van der Waals surface area contributed by atoms with Crippen LogP contribution in [0.4, 0.5) is 0 Å². The molecule has 0 aliphatic carbocycles. The average molecular weight is 327 g/mol. The van der Waals surface area contributed by atoms with Crippen molar-refractivity contribution >= 4 is 0 Å². The van der Waals surface area contributed by atoms with Crippen molar-refractivity contribution in [2.75, 3.05) is 26.2 Å². The summed E-state index contributed by atoms with van der Waals surface area (Å²) in [7, 11) is 0. The number of aliphatic hydroxyl groups is 1. The van der Waals surface area contributed by atoms with Crippen LogP contribution in [0.25, 0.3) is 0 Å². The Balaban J connectivity index is 4.37. The smallest absolute Gasteiger partial charge is 0.0786 e. The highest BCUT2D eigenvalue weighted by atomic mass is 16.3. The van der Waals surface area contributed by atoms with E-state index >= 15 is 0 Å². The van der Waals surface area contributed by atoms with E-state index in [0.29, 0.717) is 0 Å². The molecule has 0 aromatic carbocycles. The van der Waals surface area contributed by atoms with Crippen LogP contribution in [0.5, 0.6) is 0 Å². The van der Waals surface area contributed by atoms with Gasteiger partial charge in [-0.25, -0.2) is 0 Å². The highest BCUT2D eigenvalue weighted by Gasteiger charge is 2.25. The van der Waals surface area contributed by atoms with Crippen molar-refractivity contribution in [1.82, 2.24) is 0 Å². The van der Waals surface area contributed by atoms with Crippen LogP contribution in [0.2, 0.25) is 0 Å². The maximum atomic E-state index is 9.83. The number of unbranched alkanes of at least 4 members (excludes halogenated alkanes) is 5. The van der Waals surface area contributed by atoms with E-state index in [1.165, 1.54) is 82.0 Å². The van der Waals surface area contributed by atoms with Crippen LogP contribution in [-0.4, -0.2) is 41.9 Å². The fraction of sp³-hybridized carbons (Fsp3) is 0.905. The van der Waals surface area contributed by atoms with Gasteiger partial charge in [-0.05, 0) is 45.4 Å². The Morgan fingerprint density at radius 2 is 1.22 bits per heavy atom. The largest absolute Gasteiger partial charge is 0.389 e. The maximum absolute atomic E-state index is 9.83. The number of nitrogens with zero attached hydrogens (tertiary/aromatic N) is 1. The topological polar surface area (TPSA) is 20.2 Å². The van der Waals surface area contributed by atoms with Crippen LogP contribution in [0, 0.1) is 0 Å². The summed E-state index contributed by atoms with van der Waals surface area (Å²) in [5.41, 5.74) is 0.906. The molecule has 0 aromatic rings. The van der Waals surface area contributed by atoms with E-state index < -0.39 is 0 Å². The van der Waals surface area contributed by atoms with Gasteiger partial charge in [0.15, 0.2) is 0 Å². The minimum atomic E-state index is -0.297. The highest BCUT2D eigenvalue weighted by molar-refractivity contribution is 4.96. The molecule has 0 heterocycles. The number of hydrogen-bond acceptors (Lipinski definition) is 1. The molecule has 138 valence electrons. The molecular weight excluding hydrogens is 282 g/mol. The van der Waals surface area contributed by atoms with E-state index in [1.54, 1.807) is 0 Å². The molecule has 0 bridgehead atoms. The van der Waals surface area contributed by atoms with Gasteiger partial charge in [0.25, 0.3) is 0 Å². The Kier molecular flexibility index (Phi) is 13.8. The Bertz CT molecular complexity index is 266. The summed E-state index contributed by atoms with van der Waals surface area (Å²) >= 11 is 0. The van der Waals surface area contributed by atoms with Crippen molar-refractivity contribution in [2.45, 2.75) is 98.0 Å². The molecule has 0 aliphatic heterocycles. The van der Waals surface area contributed by atoms with Gasteiger partial charge in [-0.2, -0.15) is 0 Å². The summed E-state index contributed by atoms with van der Waals surface area (Å²) in [5, 5.41) is 9.83. The maximum Gasteiger partial charge on any atom is 0.0786 e. The molecule has 2 heteroatoms. The van der Waals surface area contributed by atoms with Crippen molar-refractivity contribution in [3.05, 3.63) is 12.2 Å². The molecule has 0 amide bonds. The minimum absolute atomic E-state index is 0.297. The van der Waals surface area contributed by atoms with Crippen LogP contribution in [-0.2, 0) is 0 Å². The van der Waals surface area contributed by atoms with E-state index in [2.05, 4.69) is 27.4 Å². The van der Waals surface area contributed by atoms with Crippen molar-refractivity contribution in [1.29, 1.82) is 0 Å². The van der Waals surface area contributed by atoms with Crippen molar-refractivity contribution < 1.29 is 9.59 Å². The Morgan fingerprint density at radius 3 is 1.61 bits per heavy atom. The first-order valence-corrected chi connectivity index (χ1v) is 10.2. The summed E-state index contributed by atoms with van der Waals surface area (Å²) in [6.07, 6.45) is 12.3. The predicted molar refractivity (Wildman–Crippen MR) is 104 cm³/mol. The molecule has 1 atom stereocenters. The van der Waals surface area contributed by atoms with E-state index in [9.17, 15) is 5.11 Å². The van der Waals surface area contributed by atoms with Crippen LogP contribution in [0.1, 0.15) is 91.9 Å². The summed E-state index contributed by atoms with van der Waals surface area (Å²) in [4.78, 5) is 0. The molecule has 23 heavy (non-hydrogen) atoms. The monoisotopic (exact) mass is 326 g/mol. The van der Waals surface area contributed by atoms with Gasteiger partial charge in [-0.1, -0.05) is 58.6 Å². The molecule has 0 aliphatic rings. The Morgan fingerprint density at radius 1 is 0.783 bits per heavy atom. The van der Waals surface area contributed by atoms with Crippen LogP contribution >= 0.6 is 0 Å². The third-order valence-electron chi connectivity index (χ3n) is 5.14. The van der Waals surface area contributed by atoms with Crippen LogP contribution in [0.3, 0.4) is 0 Å². The van der Waals surface area contributed by atoms with Crippen LogP contribution < -0.4 is 0 Å². The molecule has 0 radical (unpaired) electrons. The van der Waals surface area contributed by atoms with Gasteiger partial charge in [-0.15, -0.1) is 0 Å². The van der Waals surface area contributed by atoms with Crippen LogP contribution in [0.15, 0.2) is 12.2 Å². The number of quaternary nitrogens is 1. The number of rotatable bonds is 16. The normalized spacial score (nSPS) is 13.3. The number of hydrogen-bond donors (Lipinski definition) is 1. The summed E-state index contributed by atoms with van der Waals surface area (Å²) in [6, 6.07) is 0. The average Bonchev–Trinajstić information content (AvgIpc) is 2.55. The highest BCUT2D eigenvalue weighted by Crippen LogP contribution is 2.18. The summed E-state index contributed by atoms with van der Waals surface area (Å²) in [6.45, 7) is 18.1. The third kappa shape index (κ3) is 10.9. The standard InChI is InChI=1S/C21H44NO/c1-6-9-16-22(17-10-7-2,18-11-8-3)19-14-12-13-15-21(23)20(4)5/h21,23H,4,6-19H2,1-3,5H3/q+1. The second-order valence-electron chi connectivity index (χ2n) is 7.51. The second-order valence-corrected chi connectivity index (χ2v) is 7.51. The lowest BCUT2D eigenvalue weighted by Gasteiger charge is -2.39. The predicted octanol–water partition coefficient (Wildman–Crippen LogP) is 5.70. The molecule has 1 unspecified atom stereocenters. The third-order valence-corrected chi connectivity index (χ3v) is 5.14. The Labute approximate surface area is 146 Å². The first kappa shape index (κ1) is 22.7. The summed E-state index contributed by atoms with van der Waals surface area (Å²) < 4.78 is 1.35.